The van der Waals surface area contributed by atoms with Crippen LogP contribution in [0.25, 0.3) is 16.2 Å². The summed E-state index contributed by atoms with van der Waals surface area (Å²) < 4.78 is 1.78. The van der Waals surface area contributed by atoms with Gasteiger partial charge in [0.1, 0.15) is 5.51 Å². The van der Waals surface area contributed by atoms with E-state index >= 15 is 0 Å². The van der Waals surface area contributed by atoms with Gasteiger partial charge in [0.15, 0.2) is 0 Å². The van der Waals surface area contributed by atoms with Gasteiger partial charge in [0.2, 0.25) is 4.96 Å². The van der Waals surface area contributed by atoms with Gasteiger partial charge in [0.05, 0.1) is 11.9 Å². The molecule has 0 saturated heterocycles. The zero-order valence-electron chi connectivity index (χ0n) is 7.16. The van der Waals surface area contributed by atoms with E-state index in [1.54, 1.807) is 22.4 Å². The number of hydrogen-bond donors (Lipinski definition) is 0. The molecule has 0 aliphatic heterocycles. The molecule has 0 aliphatic carbocycles. The van der Waals surface area contributed by atoms with Crippen LogP contribution in [0.4, 0.5) is 0 Å². The molecule has 0 atom stereocenters. The molecule has 0 bridgehead atoms. The minimum atomic E-state index is 0.914. The van der Waals surface area contributed by atoms with E-state index in [-0.39, 0.29) is 0 Å². The van der Waals surface area contributed by atoms with Crippen molar-refractivity contribution in [3.8, 4) is 11.3 Å². The highest BCUT2D eigenvalue weighted by Crippen LogP contribution is 2.18. The molecule has 0 spiro atoms. The molecule has 3 heterocycles. The first-order valence-corrected chi connectivity index (χ1v) is 5.01. The van der Waals surface area contributed by atoms with Gasteiger partial charge >= 0.3 is 0 Å². The van der Waals surface area contributed by atoms with Crippen LogP contribution in [-0.2, 0) is 0 Å². The van der Waals surface area contributed by atoms with Gasteiger partial charge in [-0.3, -0.25) is 4.98 Å². The quantitative estimate of drug-likeness (QED) is 0.604. The van der Waals surface area contributed by atoms with E-state index in [1.165, 1.54) is 11.3 Å². The Labute approximate surface area is 83.9 Å². The standard InChI is InChI=1S/C9H6N4S/c1-3-10-4-2-7(1)8-5-13-9(12-8)14-6-11-13/h1-6H. The second-order valence-corrected chi connectivity index (χ2v) is 3.64. The van der Waals surface area contributed by atoms with Gasteiger partial charge in [0, 0.05) is 18.0 Å². The zero-order valence-corrected chi connectivity index (χ0v) is 7.98. The lowest BCUT2D eigenvalue weighted by Gasteiger charge is -1.91. The minimum absolute atomic E-state index is 0.914. The van der Waals surface area contributed by atoms with Gasteiger partial charge in [-0.2, -0.15) is 5.10 Å². The van der Waals surface area contributed by atoms with Crippen LogP contribution in [-0.4, -0.2) is 19.6 Å². The maximum Gasteiger partial charge on any atom is 0.212 e. The van der Waals surface area contributed by atoms with Gasteiger partial charge in [-0.15, -0.1) is 0 Å². The maximum absolute atomic E-state index is 4.43. The molecule has 0 radical (unpaired) electrons. The van der Waals surface area contributed by atoms with Crippen molar-refractivity contribution in [2.75, 3.05) is 0 Å². The number of hydrogen-bond acceptors (Lipinski definition) is 4. The molecule has 3 aromatic rings. The minimum Gasteiger partial charge on any atom is -0.265 e. The third kappa shape index (κ3) is 1.10. The fourth-order valence-corrected chi connectivity index (χ4v) is 1.90. The number of pyridine rings is 1. The Balaban J connectivity index is 2.19. The first-order valence-electron chi connectivity index (χ1n) is 4.13. The van der Waals surface area contributed by atoms with Gasteiger partial charge in [-0.25, -0.2) is 9.50 Å². The average molecular weight is 202 g/mol. The van der Waals surface area contributed by atoms with Crippen molar-refractivity contribution in [3.05, 3.63) is 36.2 Å². The Morgan fingerprint density at radius 2 is 2.07 bits per heavy atom. The first-order chi connectivity index (χ1) is 6.93. The average Bonchev–Trinajstić information content (AvgIpc) is 2.78. The van der Waals surface area contributed by atoms with Crippen LogP contribution in [0.15, 0.2) is 36.2 Å². The molecule has 4 nitrogen and oxygen atoms in total. The third-order valence-electron chi connectivity index (χ3n) is 1.96. The Bertz CT molecular complexity index is 526. The van der Waals surface area contributed by atoms with E-state index < -0.39 is 0 Å². The van der Waals surface area contributed by atoms with Crippen LogP contribution in [0.1, 0.15) is 0 Å². The van der Waals surface area contributed by atoms with E-state index in [4.69, 9.17) is 0 Å². The van der Waals surface area contributed by atoms with Crippen LogP contribution in [0, 0.1) is 0 Å². The molecular formula is C9H6N4S. The van der Waals surface area contributed by atoms with E-state index in [2.05, 4.69) is 15.1 Å². The maximum atomic E-state index is 4.43. The lowest BCUT2D eigenvalue weighted by Crippen LogP contribution is -1.78. The van der Waals surface area contributed by atoms with E-state index in [0.29, 0.717) is 0 Å². The van der Waals surface area contributed by atoms with Crippen molar-refractivity contribution in [1.29, 1.82) is 0 Å². The van der Waals surface area contributed by atoms with Gasteiger partial charge in [0.25, 0.3) is 0 Å². The second-order valence-electron chi connectivity index (χ2n) is 2.83. The molecule has 0 saturated carbocycles. The summed E-state index contributed by atoms with van der Waals surface area (Å²) >= 11 is 1.53. The van der Waals surface area contributed by atoms with Crippen molar-refractivity contribution in [3.63, 3.8) is 0 Å². The number of imidazole rings is 1. The predicted molar refractivity (Wildman–Crippen MR) is 54.1 cm³/mol. The van der Waals surface area contributed by atoms with Gasteiger partial charge < -0.3 is 0 Å². The summed E-state index contributed by atoms with van der Waals surface area (Å²) in [6.45, 7) is 0. The lowest BCUT2D eigenvalue weighted by molar-refractivity contribution is 0.974. The van der Waals surface area contributed by atoms with Crippen molar-refractivity contribution in [1.82, 2.24) is 19.6 Å². The van der Waals surface area contributed by atoms with Crippen LogP contribution in [0.5, 0.6) is 0 Å². The van der Waals surface area contributed by atoms with Crippen molar-refractivity contribution >= 4 is 16.3 Å². The highest BCUT2D eigenvalue weighted by molar-refractivity contribution is 7.14. The molecule has 3 rings (SSSR count). The smallest absolute Gasteiger partial charge is 0.212 e. The Kier molecular flexibility index (Phi) is 1.57. The highest BCUT2D eigenvalue weighted by Gasteiger charge is 2.04. The highest BCUT2D eigenvalue weighted by atomic mass is 32.1. The number of rotatable bonds is 1. The van der Waals surface area contributed by atoms with Gasteiger partial charge in [-0.1, -0.05) is 11.3 Å². The van der Waals surface area contributed by atoms with Crippen LogP contribution < -0.4 is 0 Å². The summed E-state index contributed by atoms with van der Waals surface area (Å²) in [5.74, 6) is 0. The molecule has 0 unspecified atom stereocenters. The molecule has 0 fully saturated rings. The molecular weight excluding hydrogens is 196 g/mol. The number of nitrogens with zero attached hydrogens (tertiary/aromatic N) is 4. The molecule has 0 N–H and O–H groups in total. The molecule has 3 aromatic heterocycles. The second kappa shape index (κ2) is 2.88. The first kappa shape index (κ1) is 7.64. The SMILES string of the molecule is c1cc(-c2cn3ncsc3n2)ccn1. The largest absolute Gasteiger partial charge is 0.265 e. The van der Waals surface area contributed by atoms with Crippen LogP contribution >= 0.6 is 11.3 Å². The monoisotopic (exact) mass is 202 g/mol. The molecule has 0 amide bonds. The Hall–Kier alpha value is -1.75. The molecule has 14 heavy (non-hydrogen) atoms. The van der Waals surface area contributed by atoms with Crippen LogP contribution in [0.3, 0.4) is 0 Å². The molecule has 68 valence electrons. The molecule has 0 aliphatic rings. The summed E-state index contributed by atoms with van der Waals surface area (Å²) in [6, 6.07) is 3.87. The summed E-state index contributed by atoms with van der Waals surface area (Å²) in [6.07, 6.45) is 5.44. The summed E-state index contributed by atoms with van der Waals surface area (Å²) in [7, 11) is 0. The molecule has 5 heteroatoms. The van der Waals surface area contributed by atoms with Crippen molar-refractivity contribution < 1.29 is 0 Å². The number of fused-ring (bicyclic) bond motifs is 1. The Morgan fingerprint density at radius 3 is 2.86 bits per heavy atom. The summed E-state index contributed by atoms with van der Waals surface area (Å²) in [5.41, 5.74) is 3.78. The third-order valence-corrected chi connectivity index (χ3v) is 2.65. The summed E-state index contributed by atoms with van der Waals surface area (Å²) in [4.78, 5) is 9.31. The molecule has 0 aromatic carbocycles. The fraction of sp³-hybridized carbons (Fsp3) is 0. The summed E-state index contributed by atoms with van der Waals surface area (Å²) in [5, 5.41) is 4.12. The van der Waals surface area contributed by atoms with Crippen LogP contribution in [0.2, 0.25) is 0 Å². The predicted octanol–water partition coefficient (Wildman–Crippen LogP) is 1.85. The van der Waals surface area contributed by atoms with E-state index in [9.17, 15) is 0 Å². The zero-order chi connectivity index (χ0) is 9.38. The van der Waals surface area contributed by atoms with Crippen molar-refractivity contribution in [2.45, 2.75) is 0 Å². The van der Waals surface area contributed by atoms with E-state index in [0.717, 1.165) is 16.2 Å². The normalized spacial score (nSPS) is 10.9. The topological polar surface area (TPSA) is 43.1 Å². The Morgan fingerprint density at radius 1 is 1.21 bits per heavy atom. The lowest BCUT2D eigenvalue weighted by atomic mass is 10.2. The fourth-order valence-electron chi connectivity index (χ4n) is 1.30. The number of aromatic nitrogens is 4. The van der Waals surface area contributed by atoms with Crippen molar-refractivity contribution in [2.24, 2.45) is 0 Å². The van der Waals surface area contributed by atoms with E-state index in [1.807, 2.05) is 18.3 Å². The van der Waals surface area contributed by atoms with Gasteiger partial charge in [-0.05, 0) is 12.1 Å².